The van der Waals surface area contributed by atoms with Crippen molar-refractivity contribution < 1.29 is 19.4 Å². The fourth-order valence-electron chi connectivity index (χ4n) is 2.37. The average Bonchev–Trinajstić information content (AvgIpc) is 2.60. The molecule has 0 aromatic rings. The van der Waals surface area contributed by atoms with Gasteiger partial charge >= 0.3 is 11.9 Å². The average molecular weight is 369 g/mol. The van der Waals surface area contributed by atoms with Crippen LogP contribution in [0.5, 0.6) is 0 Å². The molecule has 0 aromatic heterocycles. The maximum atomic E-state index is 12.0. The number of unbranched alkanes of at least 4 members (excludes halogenated alkanes) is 2. The number of ether oxygens (including phenoxy) is 1. The van der Waals surface area contributed by atoms with E-state index < -0.39 is 18.0 Å². The van der Waals surface area contributed by atoms with Gasteiger partial charge in [-0.25, -0.2) is 9.59 Å². The molecule has 0 spiro atoms. The number of carboxylic acid groups (broad SMARTS) is 1. The molecule has 0 saturated heterocycles. The number of carboxylic acids is 1. The summed E-state index contributed by atoms with van der Waals surface area (Å²) in [5.41, 5.74) is 6.45. The molecule has 150 valence electrons. The highest BCUT2D eigenvalue weighted by molar-refractivity contribution is 5.88. The molecule has 0 aromatic carbocycles. The van der Waals surface area contributed by atoms with Crippen LogP contribution < -0.4 is 5.73 Å². The summed E-state index contributed by atoms with van der Waals surface area (Å²) < 4.78 is 5.15. The summed E-state index contributed by atoms with van der Waals surface area (Å²) >= 11 is 0. The van der Waals surface area contributed by atoms with E-state index >= 15 is 0 Å². The van der Waals surface area contributed by atoms with Crippen molar-refractivity contribution in [3.05, 3.63) is 23.3 Å². The van der Waals surface area contributed by atoms with Crippen molar-refractivity contribution in [1.82, 2.24) is 4.90 Å². The number of nitrogens with two attached hydrogens (primary N) is 1. The standard InChI is InChI=1S/C20H36N2O4/c1-5-7-11-22(12-8-6-2)13-9-10-16(3)20(25)26-15-18(21)14-17(4)19(23)24/h10,14,18H,5-9,11-13,15,21H2,1-4H3,(H,23,24)/t18-/m1/s1. The molecular formula is C20H36N2O4. The molecule has 3 N–H and O–H groups in total. The molecule has 0 saturated carbocycles. The van der Waals surface area contributed by atoms with E-state index in [2.05, 4.69) is 18.7 Å². The Hall–Kier alpha value is -1.66. The molecule has 6 nitrogen and oxygen atoms in total. The molecule has 26 heavy (non-hydrogen) atoms. The van der Waals surface area contributed by atoms with E-state index in [-0.39, 0.29) is 12.2 Å². The Morgan fingerprint density at radius 2 is 1.65 bits per heavy atom. The van der Waals surface area contributed by atoms with Gasteiger partial charge in [0.15, 0.2) is 0 Å². The maximum absolute atomic E-state index is 12.0. The van der Waals surface area contributed by atoms with Gasteiger partial charge in [0.05, 0.1) is 6.04 Å². The van der Waals surface area contributed by atoms with Crippen molar-refractivity contribution in [3.63, 3.8) is 0 Å². The molecule has 0 unspecified atom stereocenters. The lowest BCUT2D eigenvalue weighted by Crippen LogP contribution is -2.27. The lowest BCUT2D eigenvalue weighted by molar-refractivity contribution is -0.139. The summed E-state index contributed by atoms with van der Waals surface area (Å²) in [5, 5.41) is 8.80. The SMILES string of the molecule is CCCCN(CCC=C(C)C(=O)OC[C@H](N)C=C(C)C(=O)O)CCCC. The lowest BCUT2D eigenvalue weighted by Gasteiger charge is -2.21. The van der Waals surface area contributed by atoms with E-state index in [0.717, 1.165) is 26.1 Å². The third kappa shape index (κ3) is 11.8. The molecule has 0 radical (unpaired) electrons. The first-order valence-corrected chi connectivity index (χ1v) is 9.55. The van der Waals surface area contributed by atoms with Gasteiger partial charge in [0.1, 0.15) is 6.61 Å². The van der Waals surface area contributed by atoms with Gasteiger partial charge in [-0.05, 0) is 46.2 Å². The Balaban J connectivity index is 4.35. The first kappa shape index (κ1) is 24.3. The fourth-order valence-corrected chi connectivity index (χ4v) is 2.37. The number of carbonyl (C=O) groups excluding carboxylic acids is 1. The minimum atomic E-state index is -1.03. The molecule has 0 rings (SSSR count). The van der Waals surface area contributed by atoms with Crippen molar-refractivity contribution in [1.29, 1.82) is 0 Å². The highest BCUT2D eigenvalue weighted by atomic mass is 16.5. The normalized spacial score (nSPS) is 13.8. The van der Waals surface area contributed by atoms with Crippen LogP contribution in [0.2, 0.25) is 0 Å². The van der Waals surface area contributed by atoms with E-state index in [4.69, 9.17) is 15.6 Å². The monoisotopic (exact) mass is 368 g/mol. The van der Waals surface area contributed by atoms with Crippen molar-refractivity contribution >= 4 is 11.9 Å². The molecule has 0 bridgehead atoms. The van der Waals surface area contributed by atoms with E-state index in [1.54, 1.807) is 6.92 Å². The molecule has 6 heteroatoms. The van der Waals surface area contributed by atoms with Gasteiger partial charge in [0.2, 0.25) is 0 Å². The van der Waals surface area contributed by atoms with Crippen LogP contribution in [0.15, 0.2) is 23.3 Å². The van der Waals surface area contributed by atoms with Crippen LogP contribution in [0, 0.1) is 0 Å². The second-order valence-corrected chi connectivity index (χ2v) is 6.64. The van der Waals surface area contributed by atoms with Gasteiger partial charge in [-0.2, -0.15) is 0 Å². The second kappa shape index (κ2) is 14.5. The zero-order valence-corrected chi connectivity index (χ0v) is 16.8. The highest BCUT2D eigenvalue weighted by Gasteiger charge is 2.10. The third-order valence-electron chi connectivity index (χ3n) is 4.08. The van der Waals surface area contributed by atoms with Crippen molar-refractivity contribution in [2.45, 2.75) is 65.8 Å². The van der Waals surface area contributed by atoms with E-state index in [0.29, 0.717) is 5.57 Å². The first-order chi connectivity index (χ1) is 12.3. The number of hydrogen-bond acceptors (Lipinski definition) is 5. The number of rotatable bonds is 14. The number of hydrogen-bond donors (Lipinski definition) is 2. The van der Waals surface area contributed by atoms with E-state index in [1.165, 1.54) is 38.7 Å². The zero-order chi connectivity index (χ0) is 19.9. The predicted molar refractivity (Wildman–Crippen MR) is 105 cm³/mol. The smallest absolute Gasteiger partial charge is 0.333 e. The number of esters is 1. The Kier molecular flexibility index (Phi) is 13.6. The lowest BCUT2D eigenvalue weighted by atomic mass is 10.2. The van der Waals surface area contributed by atoms with Crippen LogP contribution in [0.3, 0.4) is 0 Å². The Labute approximate surface area is 158 Å². The maximum Gasteiger partial charge on any atom is 0.333 e. The van der Waals surface area contributed by atoms with E-state index in [1.807, 2.05) is 6.08 Å². The first-order valence-electron chi connectivity index (χ1n) is 9.55. The van der Waals surface area contributed by atoms with Gasteiger partial charge in [-0.15, -0.1) is 0 Å². The highest BCUT2D eigenvalue weighted by Crippen LogP contribution is 2.05. The molecule has 0 aliphatic carbocycles. The minimum absolute atomic E-state index is 0.0340. The largest absolute Gasteiger partial charge is 0.478 e. The molecular weight excluding hydrogens is 332 g/mol. The summed E-state index contributed by atoms with van der Waals surface area (Å²) in [6.07, 6.45) is 8.83. The molecule has 1 atom stereocenters. The summed E-state index contributed by atoms with van der Waals surface area (Å²) in [5.74, 6) is -1.44. The van der Waals surface area contributed by atoms with Crippen LogP contribution in [0.25, 0.3) is 0 Å². The summed E-state index contributed by atoms with van der Waals surface area (Å²) in [6.45, 7) is 10.7. The Morgan fingerprint density at radius 3 is 2.15 bits per heavy atom. The number of carbonyl (C=O) groups is 2. The van der Waals surface area contributed by atoms with Crippen LogP contribution in [-0.2, 0) is 14.3 Å². The topological polar surface area (TPSA) is 92.9 Å². The van der Waals surface area contributed by atoms with Crippen LogP contribution in [0.1, 0.15) is 59.8 Å². The van der Waals surface area contributed by atoms with Crippen molar-refractivity contribution in [2.24, 2.45) is 5.73 Å². The fraction of sp³-hybridized carbons (Fsp3) is 0.700. The van der Waals surface area contributed by atoms with Gasteiger partial charge in [0, 0.05) is 17.7 Å². The molecule has 0 fully saturated rings. The zero-order valence-electron chi connectivity index (χ0n) is 16.8. The molecule has 0 aliphatic rings. The van der Waals surface area contributed by atoms with Gasteiger partial charge in [-0.3, -0.25) is 0 Å². The van der Waals surface area contributed by atoms with Crippen LogP contribution >= 0.6 is 0 Å². The van der Waals surface area contributed by atoms with Crippen LogP contribution in [-0.4, -0.2) is 54.2 Å². The third-order valence-corrected chi connectivity index (χ3v) is 4.08. The van der Waals surface area contributed by atoms with Crippen molar-refractivity contribution in [3.8, 4) is 0 Å². The Bertz CT molecular complexity index is 478. The molecule has 0 amide bonds. The summed E-state index contributed by atoms with van der Waals surface area (Å²) in [6, 6.07) is -0.624. The van der Waals surface area contributed by atoms with Crippen LogP contribution in [0.4, 0.5) is 0 Å². The second-order valence-electron chi connectivity index (χ2n) is 6.64. The summed E-state index contributed by atoms with van der Waals surface area (Å²) in [4.78, 5) is 25.2. The quantitative estimate of drug-likeness (QED) is 0.361. The van der Waals surface area contributed by atoms with Gasteiger partial charge in [0.25, 0.3) is 0 Å². The molecule has 0 aliphatic heterocycles. The number of nitrogens with zero attached hydrogens (tertiary/aromatic N) is 1. The summed E-state index contributed by atoms with van der Waals surface area (Å²) in [7, 11) is 0. The minimum Gasteiger partial charge on any atom is -0.478 e. The number of aliphatic carboxylic acids is 1. The van der Waals surface area contributed by atoms with Gasteiger partial charge < -0.3 is 20.5 Å². The van der Waals surface area contributed by atoms with Gasteiger partial charge in [-0.1, -0.05) is 38.8 Å². The van der Waals surface area contributed by atoms with E-state index in [9.17, 15) is 9.59 Å². The Morgan fingerprint density at radius 1 is 1.08 bits per heavy atom. The predicted octanol–water partition coefficient (Wildman–Crippen LogP) is 3.13. The van der Waals surface area contributed by atoms with Crippen molar-refractivity contribution in [2.75, 3.05) is 26.2 Å². The molecule has 0 heterocycles.